The van der Waals surface area contributed by atoms with Crippen LogP contribution in [0, 0.1) is 6.92 Å². The van der Waals surface area contributed by atoms with E-state index in [2.05, 4.69) is 35.8 Å². The van der Waals surface area contributed by atoms with E-state index < -0.39 is 17.6 Å². The van der Waals surface area contributed by atoms with Crippen LogP contribution in [0.15, 0.2) is 61.2 Å². The fourth-order valence-corrected chi connectivity index (χ4v) is 5.16. The van der Waals surface area contributed by atoms with Crippen molar-refractivity contribution in [3.05, 3.63) is 83.4 Å². The summed E-state index contributed by atoms with van der Waals surface area (Å²) < 4.78 is 44.0. The Morgan fingerprint density at radius 3 is 2.52 bits per heavy atom. The largest absolute Gasteiger partial charge is 0.416 e. The molecule has 10 nitrogen and oxygen atoms in total. The molecular formula is C31H34F3N9O. The molecule has 3 heterocycles. The van der Waals surface area contributed by atoms with Gasteiger partial charge >= 0.3 is 6.18 Å². The Morgan fingerprint density at radius 1 is 1.00 bits per heavy atom. The highest BCUT2D eigenvalue weighted by molar-refractivity contribution is 6.05. The normalized spacial score (nSPS) is 16.1. The topological polar surface area (TPSA) is 103 Å². The molecular weight excluding hydrogens is 571 g/mol. The van der Waals surface area contributed by atoms with Crippen LogP contribution in [-0.2, 0) is 12.7 Å². The number of nitrogens with one attached hydrogen (secondary N) is 3. The van der Waals surface area contributed by atoms with Crippen molar-refractivity contribution in [3.63, 3.8) is 0 Å². The molecule has 13 heteroatoms. The standard InChI is InChI=1S/C31H34F3N9O/c1-20-25(39-29(44)21-6-7-22(24(16-21)31(32,33)34)18-42-14-12-41(2)13-15-42)4-3-5-26(20)40-30-35-10-11-43(30)28-17-27(36-19-37-28)38-23-8-9-23/h3-7,10-11,16-17,19,23H,8-9,12-15,18H2,1-2H3,(H,35,40)(H,39,44)(H,36,37,38). The van der Waals surface area contributed by atoms with Crippen molar-refractivity contribution in [1.29, 1.82) is 0 Å². The maximum absolute atomic E-state index is 14.1. The van der Waals surface area contributed by atoms with Crippen molar-refractivity contribution < 1.29 is 18.0 Å². The van der Waals surface area contributed by atoms with Gasteiger partial charge in [0.25, 0.3) is 5.91 Å². The highest BCUT2D eigenvalue weighted by atomic mass is 19.4. The van der Waals surface area contributed by atoms with Crippen molar-refractivity contribution in [3.8, 4) is 5.82 Å². The summed E-state index contributed by atoms with van der Waals surface area (Å²) in [5.74, 6) is 1.24. The number of nitrogens with zero attached hydrogens (tertiary/aromatic N) is 6. The third-order valence-corrected chi connectivity index (χ3v) is 7.97. The van der Waals surface area contributed by atoms with E-state index in [4.69, 9.17) is 0 Å². The van der Waals surface area contributed by atoms with E-state index in [0.717, 1.165) is 37.8 Å². The van der Waals surface area contributed by atoms with Crippen molar-refractivity contribution in [2.75, 3.05) is 49.2 Å². The lowest BCUT2D eigenvalue weighted by Gasteiger charge is -2.33. The summed E-state index contributed by atoms with van der Waals surface area (Å²) in [6, 6.07) is 11.4. The van der Waals surface area contributed by atoms with Crippen LogP contribution in [0.3, 0.4) is 0 Å². The second-order valence-corrected chi connectivity index (χ2v) is 11.3. The number of carbonyl (C=O) groups is 1. The summed E-state index contributed by atoms with van der Waals surface area (Å²) in [5, 5.41) is 9.44. The number of carbonyl (C=O) groups excluding carboxylic acids is 1. The third-order valence-electron chi connectivity index (χ3n) is 7.97. The molecule has 0 radical (unpaired) electrons. The number of amides is 1. The number of halogens is 3. The smallest absolute Gasteiger partial charge is 0.367 e. The minimum Gasteiger partial charge on any atom is -0.367 e. The molecule has 4 aromatic rings. The van der Waals surface area contributed by atoms with Crippen molar-refractivity contribution in [2.45, 2.75) is 38.5 Å². The zero-order chi connectivity index (χ0) is 30.8. The number of rotatable bonds is 9. The molecule has 1 aliphatic heterocycles. The van der Waals surface area contributed by atoms with Crippen LogP contribution < -0.4 is 16.0 Å². The number of aromatic nitrogens is 4. The monoisotopic (exact) mass is 605 g/mol. The molecule has 1 saturated carbocycles. The maximum atomic E-state index is 14.1. The fourth-order valence-electron chi connectivity index (χ4n) is 5.16. The SMILES string of the molecule is Cc1c(NC(=O)c2ccc(CN3CCN(C)CC3)c(C(F)(F)F)c2)cccc1Nc1nccn1-c1cc(NC2CC2)ncn1. The number of benzene rings is 2. The zero-order valence-corrected chi connectivity index (χ0v) is 24.5. The molecule has 0 spiro atoms. The van der Waals surface area contributed by atoms with Crippen LogP contribution in [0.1, 0.15) is 39.9 Å². The van der Waals surface area contributed by atoms with Gasteiger partial charge in [0.2, 0.25) is 5.95 Å². The summed E-state index contributed by atoms with van der Waals surface area (Å²) in [4.78, 5) is 30.5. The van der Waals surface area contributed by atoms with Gasteiger partial charge in [0.05, 0.1) is 5.56 Å². The Kier molecular flexibility index (Phi) is 8.23. The molecule has 1 saturated heterocycles. The summed E-state index contributed by atoms with van der Waals surface area (Å²) in [6.07, 6.45) is 2.57. The number of piperazine rings is 1. The second-order valence-electron chi connectivity index (χ2n) is 11.3. The van der Waals surface area contributed by atoms with Gasteiger partial charge < -0.3 is 20.9 Å². The van der Waals surface area contributed by atoms with Gasteiger partial charge in [-0.15, -0.1) is 0 Å². The molecule has 0 bridgehead atoms. The molecule has 2 aromatic heterocycles. The molecule has 0 unspecified atom stereocenters. The first kappa shape index (κ1) is 29.6. The van der Waals surface area contributed by atoms with E-state index in [1.54, 1.807) is 29.1 Å². The number of alkyl halides is 3. The van der Waals surface area contributed by atoms with Gasteiger partial charge in [0.15, 0.2) is 0 Å². The highest BCUT2D eigenvalue weighted by Gasteiger charge is 2.34. The van der Waals surface area contributed by atoms with Gasteiger partial charge in [-0.25, -0.2) is 15.0 Å². The predicted octanol–water partition coefficient (Wildman–Crippen LogP) is 5.31. The van der Waals surface area contributed by atoms with E-state index >= 15 is 0 Å². The lowest BCUT2D eigenvalue weighted by atomic mass is 10.0. The molecule has 3 N–H and O–H groups in total. The van der Waals surface area contributed by atoms with Gasteiger partial charge in [0.1, 0.15) is 18.0 Å². The lowest BCUT2D eigenvalue weighted by molar-refractivity contribution is -0.138. The molecule has 6 rings (SSSR count). The Labute approximate surface area is 253 Å². The molecule has 1 aliphatic carbocycles. The molecule has 44 heavy (non-hydrogen) atoms. The molecule has 2 aliphatic rings. The van der Waals surface area contributed by atoms with Crippen LogP contribution in [0.2, 0.25) is 0 Å². The average Bonchev–Trinajstić information content (AvgIpc) is 3.69. The summed E-state index contributed by atoms with van der Waals surface area (Å²) in [7, 11) is 2.00. The molecule has 2 fully saturated rings. The Morgan fingerprint density at radius 2 is 1.77 bits per heavy atom. The number of imidazole rings is 1. The van der Waals surface area contributed by atoms with E-state index in [0.29, 0.717) is 47.8 Å². The average molecular weight is 606 g/mol. The first-order valence-electron chi connectivity index (χ1n) is 14.6. The molecule has 1 amide bonds. The van der Waals surface area contributed by atoms with E-state index in [9.17, 15) is 18.0 Å². The summed E-state index contributed by atoms with van der Waals surface area (Å²) in [6.45, 7) is 4.98. The van der Waals surface area contributed by atoms with Gasteiger partial charge in [-0.2, -0.15) is 13.2 Å². The number of hydrogen-bond acceptors (Lipinski definition) is 8. The van der Waals surface area contributed by atoms with Gasteiger partial charge in [0, 0.05) is 74.2 Å². The predicted molar refractivity (Wildman–Crippen MR) is 162 cm³/mol. The van der Waals surface area contributed by atoms with E-state index in [1.807, 2.05) is 31.0 Å². The van der Waals surface area contributed by atoms with Crippen LogP contribution in [-0.4, -0.2) is 74.5 Å². The highest BCUT2D eigenvalue weighted by Crippen LogP contribution is 2.34. The first-order valence-corrected chi connectivity index (χ1v) is 14.6. The van der Waals surface area contributed by atoms with E-state index in [1.165, 1.54) is 18.5 Å². The van der Waals surface area contributed by atoms with Gasteiger partial charge in [-0.1, -0.05) is 12.1 Å². The Hall–Kier alpha value is -4.49. The van der Waals surface area contributed by atoms with Gasteiger partial charge in [-0.05, 0) is 62.2 Å². The van der Waals surface area contributed by atoms with E-state index in [-0.39, 0.29) is 17.7 Å². The minimum atomic E-state index is -4.59. The fraction of sp³-hybridized carbons (Fsp3) is 0.355. The summed E-state index contributed by atoms with van der Waals surface area (Å²) >= 11 is 0. The Balaban J connectivity index is 1.18. The zero-order valence-electron chi connectivity index (χ0n) is 24.5. The lowest BCUT2D eigenvalue weighted by Crippen LogP contribution is -2.44. The van der Waals surface area contributed by atoms with Crippen molar-refractivity contribution in [2.24, 2.45) is 0 Å². The van der Waals surface area contributed by atoms with Crippen molar-refractivity contribution in [1.82, 2.24) is 29.3 Å². The second kappa shape index (κ2) is 12.2. The number of hydrogen-bond donors (Lipinski definition) is 3. The first-order chi connectivity index (χ1) is 21.1. The minimum absolute atomic E-state index is 0.0628. The summed E-state index contributed by atoms with van der Waals surface area (Å²) in [5.41, 5.74) is 1.13. The van der Waals surface area contributed by atoms with Gasteiger partial charge in [-0.3, -0.25) is 14.3 Å². The number of anilines is 4. The van der Waals surface area contributed by atoms with Crippen molar-refractivity contribution >= 4 is 29.0 Å². The quantitative estimate of drug-likeness (QED) is 0.236. The molecule has 0 atom stereocenters. The number of likely N-dealkylation sites (N-methyl/N-ethyl adjacent to an activating group) is 1. The molecule has 230 valence electrons. The van der Waals surface area contributed by atoms with Crippen LogP contribution in [0.25, 0.3) is 5.82 Å². The third kappa shape index (κ3) is 6.84. The van der Waals surface area contributed by atoms with Crippen LogP contribution in [0.4, 0.5) is 36.3 Å². The molecule has 2 aromatic carbocycles. The maximum Gasteiger partial charge on any atom is 0.416 e. The van der Waals surface area contributed by atoms with Crippen LogP contribution in [0.5, 0.6) is 0 Å². The van der Waals surface area contributed by atoms with Crippen LogP contribution >= 0.6 is 0 Å². The Bertz CT molecular complexity index is 1640.